The Morgan fingerprint density at radius 2 is 2.12 bits per heavy atom. The molecule has 0 aromatic carbocycles. The van der Waals surface area contributed by atoms with Gasteiger partial charge in [-0.25, -0.2) is 4.39 Å². The van der Waals surface area contributed by atoms with Crippen molar-refractivity contribution in [2.24, 2.45) is 0 Å². The quantitative estimate of drug-likeness (QED) is 0.583. The maximum Gasteiger partial charge on any atom is 0.433 e. The molecule has 0 saturated carbocycles. The lowest BCUT2D eigenvalue weighted by molar-refractivity contribution is -0.141. The summed E-state index contributed by atoms with van der Waals surface area (Å²) in [5, 5.41) is 0. The first-order valence-electron chi connectivity index (χ1n) is 4.13. The average Bonchev–Trinajstić information content (AvgIpc) is 2.19. The third kappa shape index (κ3) is 2.91. The van der Waals surface area contributed by atoms with Gasteiger partial charge in [0.15, 0.2) is 0 Å². The Balaban J connectivity index is 2.96. The highest BCUT2D eigenvalue weighted by molar-refractivity contribution is 5.72. The highest BCUT2D eigenvalue weighted by Gasteiger charge is 2.33. The molecule has 0 unspecified atom stereocenters. The summed E-state index contributed by atoms with van der Waals surface area (Å²) in [4.78, 5) is 13.8. The maximum absolute atomic E-state index is 13.1. The third-order valence-corrected chi connectivity index (χ3v) is 1.78. The minimum absolute atomic E-state index is 0.236. The zero-order valence-corrected chi connectivity index (χ0v) is 8.14. The van der Waals surface area contributed by atoms with Crippen molar-refractivity contribution in [1.29, 1.82) is 0 Å². The van der Waals surface area contributed by atoms with Crippen molar-refractivity contribution in [2.45, 2.75) is 12.6 Å². The Morgan fingerprint density at radius 1 is 1.50 bits per heavy atom. The molecule has 1 rings (SSSR count). The number of carbonyl (C=O) groups excluding carboxylic acids is 1. The van der Waals surface area contributed by atoms with Gasteiger partial charge in [-0.05, 0) is 0 Å². The fraction of sp³-hybridized carbons (Fsp3) is 0.333. The van der Waals surface area contributed by atoms with Crippen LogP contribution in [0.2, 0.25) is 0 Å². The second-order valence-electron chi connectivity index (χ2n) is 2.91. The van der Waals surface area contributed by atoms with Crippen LogP contribution in [0, 0.1) is 5.82 Å². The van der Waals surface area contributed by atoms with Gasteiger partial charge in [-0.15, -0.1) is 0 Å². The molecule has 1 aromatic heterocycles. The SMILES string of the molecule is COC(=O)Cc1cnc(C(F)(F)F)cc1F. The molecular formula is C9H7F4NO2. The largest absolute Gasteiger partial charge is 0.469 e. The number of halogens is 4. The van der Waals surface area contributed by atoms with E-state index in [0.717, 1.165) is 7.11 Å². The van der Waals surface area contributed by atoms with Crippen LogP contribution >= 0.6 is 0 Å². The van der Waals surface area contributed by atoms with Gasteiger partial charge in [-0.3, -0.25) is 9.78 Å². The lowest BCUT2D eigenvalue weighted by Gasteiger charge is -2.07. The van der Waals surface area contributed by atoms with E-state index in [-0.39, 0.29) is 11.6 Å². The predicted molar refractivity (Wildman–Crippen MR) is 44.9 cm³/mol. The van der Waals surface area contributed by atoms with Gasteiger partial charge in [0.25, 0.3) is 0 Å². The Labute approximate surface area is 88.0 Å². The first-order chi connectivity index (χ1) is 7.34. The van der Waals surface area contributed by atoms with Gasteiger partial charge in [0.05, 0.1) is 13.5 Å². The maximum atomic E-state index is 13.1. The van der Waals surface area contributed by atoms with E-state index in [4.69, 9.17) is 0 Å². The zero-order valence-electron chi connectivity index (χ0n) is 8.14. The zero-order chi connectivity index (χ0) is 12.3. The van der Waals surface area contributed by atoms with E-state index in [1.165, 1.54) is 0 Å². The molecule has 0 aliphatic carbocycles. The molecule has 0 bridgehead atoms. The van der Waals surface area contributed by atoms with Crippen LogP contribution in [0.5, 0.6) is 0 Å². The lowest BCUT2D eigenvalue weighted by atomic mass is 10.2. The summed E-state index contributed by atoms with van der Waals surface area (Å²) >= 11 is 0. The van der Waals surface area contributed by atoms with E-state index in [9.17, 15) is 22.4 Å². The van der Waals surface area contributed by atoms with Crippen LogP contribution in [0.15, 0.2) is 12.3 Å². The Kier molecular flexibility index (Phi) is 3.46. The highest BCUT2D eigenvalue weighted by Crippen LogP contribution is 2.28. The highest BCUT2D eigenvalue weighted by atomic mass is 19.4. The van der Waals surface area contributed by atoms with E-state index < -0.39 is 30.1 Å². The van der Waals surface area contributed by atoms with Gasteiger partial charge in [0, 0.05) is 17.8 Å². The van der Waals surface area contributed by atoms with Gasteiger partial charge in [-0.1, -0.05) is 0 Å². The number of ether oxygens (including phenoxy) is 1. The van der Waals surface area contributed by atoms with Crippen molar-refractivity contribution in [3.63, 3.8) is 0 Å². The summed E-state index contributed by atoms with van der Waals surface area (Å²) < 4.78 is 53.7. The number of carbonyl (C=O) groups is 1. The molecule has 0 aliphatic rings. The summed E-state index contributed by atoms with van der Waals surface area (Å²) in [6.45, 7) is 0. The van der Waals surface area contributed by atoms with Crippen molar-refractivity contribution in [3.8, 4) is 0 Å². The monoisotopic (exact) mass is 237 g/mol. The minimum atomic E-state index is -4.70. The van der Waals surface area contributed by atoms with Gasteiger partial charge < -0.3 is 4.74 Å². The molecular weight excluding hydrogens is 230 g/mol. The van der Waals surface area contributed by atoms with Crippen LogP contribution in [0.25, 0.3) is 0 Å². The van der Waals surface area contributed by atoms with Crippen LogP contribution in [-0.2, 0) is 22.1 Å². The molecule has 0 atom stereocenters. The van der Waals surface area contributed by atoms with Crippen molar-refractivity contribution in [1.82, 2.24) is 4.98 Å². The molecule has 0 radical (unpaired) electrons. The number of rotatable bonds is 2. The topological polar surface area (TPSA) is 39.2 Å². The van der Waals surface area contributed by atoms with E-state index in [2.05, 4.69) is 9.72 Å². The fourth-order valence-corrected chi connectivity index (χ4v) is 0.972. The number of esters is 1. The van der Waals surface area contributed by atoms with Gasteiger partial charge in [-0.2, -0.15) is 13.2 Å². The molecule has 0 fully saturated rings. The molecule has 0 spiro atoms. The first-order valence-corrected chi connectivity index (χ1v) is 4.13. The number of pyridine rings is 1. The van der Waals surface area contributed by atoms with Crippen LogP contribution in [-0.4, -0.2) is 18.1 Å². The van der Waals surface area contributed by atoms with Crippen molar-refractivity contribution in [2.75, 3.05) is 7.11 Å². The first kappa shape index (κ1) is 12.4. The summed E-state index contributed by atoms with van der Waals surface area (Å²) in [5.74, 6) is -1.88. The van der Waals surface area contributed by atoms with E-state index in [0.29, 0.717) is 6.20 Å². The number of hydrogen-bond acceptors (Lipinski definition) is 3. The molecule has 0 aliphatic heterocycles. The molecule has 0 amide bonds. The lowest BCUT2D eigenvalue weighted by Crippen LogP contribution is -2.11. The Morgan fingerprint density at radius 3 is 2.56 bits per heavy atom. The number of methoxy groups -OCH3 is 1. The standard InChI is InChI=1S/C9H7F4NO2/c1-16-8(15)2-5-4-14-7(3-6(5)10)9(11,12)13/h3-4H,2H2,1H3. The summed E-state index contributed by atoms with van der Waals surface area (Å²) in [6.07, 6.45) is -4.48. The second-order valence-corrected chi connectivity index (χ2v) is 2.91. The van der Waals surface area contributed by atoms with Crippen LogP contribution in [0.4, 0.5) is 17.6 Å². The van der Waals surface area contributed by atoms with Gasteiger partial charge in [0.2, 0.25) is 0 Å². The third-order valence-electron chi connectivity index (χ3n) is 1.78. The second kappa shape index (κ2) is 4.46. The molecule has 1 heterocycles. The summed E-state index contributed by atoms with van der Waals surface area (Å²) in [5.41, 5.74) is -1.57. The van der Waals surface area contributed by atoms with Crippen molar-refractivity contribution < 1.29 is 27.1 Å². The predicted octanol–water partition coefficient (Wildman–Crippen LogP) is 1.96. The smallest absolute Gasteiger partial charge is 0.433 e. The number of aromatic nitrogens is 1. The van der Waals surface area contributed by atoms with Crippen molar-refractivity contribution >= 4 is 5.97 Å². The minimum Gasteiger partial charge on any atom is -0.469 e. The Bertz CT molecular complexity index is 403. The molecule has 0 saturated heterocycles. The molecule has 0 N–H and O–H groups in total. The van der Waals surface area contributed by atoms with E-state index >= 15 is 0 Å². The van der Waals surface area contributed by atoms with E-state index in [1.54, 1.807) is 0 Å². The van der Waals surface area contributed by atoms with Crippen molar-refractivity contribution in [3.05, 3.63) is 29.3 Å². The molecule has 3 nitrogen and oxygen atoms in total. The summed E-state index contributed by atoms with van der Waals surface area (Å²) in [7, 11) is 1.09. The number of nitrogens with zero attached hydrogens (tertiary/aromatic N) is 1. The molecule has 16 heavy (non-hydrogen) atoms. The van der Waals surface area contributed by atoms with E-state index in [1.807, 2.05) is 0 Å². The van der Waals surface area contributed by atoms with Crippen LogP contribution in [0.3, 0.4) is 0 Å². The molecule has 88 valence electrons. The Hall–Kier alpha value is -1.66. The number of hydrogen-bond donors (Lipinski definition) is 0. The van der Waals surface area contributed by atoms with Crippen LogP contribution < -0.4 is 0 Å². The fourth-order valence-electron chi connectivity index (χ4n) is 0.972. The number of alkyl halides is 3. The normalized spacial score (nSPS) is 11.3. The van der Waals surface area contributed by atoms with Gasteiger partial charge in [0.1, 0.15) is 11.5 Å². The summed E-state index contributed by atoms with van der Waals surface area (Å²) in [6, 6.07) is 0.248. The molecule has 1 aromatic rings. The van der Waals surface area contributed by atoms with Gasteiger partial charge >= 0.3 is 12.1 Å². The van der Waals surface area contributed by atoms with Crippen LogP contribution in [0.1, 0.15) is 11.3 Å². The molecule has 7 heteroatoms. The average molecular weight is 237 g/mol.